The Morgan fingerprint density at radius 1 is 1.47 bits per heavy atom. The minimum atomic E-state index is -1.23. The fourth-order valence-electron chi connectivity index (χ4n) is 1.47. The summed E-state index contributed by atoms with van der Waals surface area (Å²) in [5, 5.41) is 19.8. The molecule has 0 fully saturated rings. The maximum absolute atomic E-state index is 10.7. The minimum absolute atomic E-state index is 0.0220. The summed E-state index contributed by atoms with van der Waals surface area (Å²) in [6, 6.07) is 3.73. The smallest absolute Gasteiger partial charge is 0.371 e. The van der Waals surface area contributed by atoms with Crippen molar-refractivity contribution in [1.82, 2.24) is 0 Å². The number of nitrogens with zero attached hydrogens (tertiary/aromatic N) is 1. The standard InChI is InChI=1S/C10H7NO6/c1-16-8-4-7-5(2-6(8)11(14)15)3-9(17-7)10(12)13/h2-4H,1H3,(H,12,13). The summed E-state index contributed by atoms with van der Waals surface area (Å²) < 4.78 is 9.84. The van der Waals surface area contributed by atoms with E-state index in [1.54, 1.807) is 0 Å². The minimum Gasteiger partial charge on any atom is -0.490 e. The van der Waals surface area contributed by atoms with E-state index in [1.165, 1.54) is 25.3 Å². The summed E-state index contributed by atoms with van der Waals surface area (Å²) in [4.78, 5) is 20.8. The Balaban J connectivity index is 2.70. The lowest BCUT2D eigenvalue weighted by Crippen LogP contribution is -1.92. The summed E-state index contributed by atoms with van der Waals surface area (Å²) >= 11 is 0. The Labute approximate surface area is 94.4 Å². The van der Waals surface area contributed by atoms with Gasteiger partial charge < -0.3 is 14.3 Å². The number of carbonyl (C=O) groups is 1. The van der Waals surface area contributed by atoms with E-state index in [-0.39, 0.29) is 22.8 Å². The summed E-state index contributed by atoms with van der Waals surface area (Å²) in [6.07, 6.45) is 0. The van der Waals surface area contributed by atoms with Gasteiger partial charge in [0.05, 0.1) is 12.0 Å². The van der Waals surface area contributed by atoms with E-state index in [0.29, 0.717) is 5.39 Å². The first kappa shape index (κ1) is 10.9. The van der Waals surface area contributed by atoms with Crippen molar-refractivity contribution < 1.29 is 24.0 Å². The molecule has 0 saturated carbocycles. The number of nitro groups is 1. The molecule has 1 heterocycles. The molecule has 7 nitrogen and oxygen atoms in total. The quantitative estimate of drug-likeness (QED) is 0.647. The molecule has 2 aromatic rings. The van der Waals surface area contributed by atoms with Crippen molar-refractivity contribution in [1.29, 1.82) is 0 Å². The summed E-state index contributed by atoms with van der Waals surface area (Å²) in [6.45, 7) is 0. The first-order chi connectivity index (χ1) is 8.02. The number of carboxylic acids is 1. The highest BCUT2D eigenvalue weighted by Gasteiger charge is 2.19. The van der Waals surface area contributed by atoms with Crippen LogP contribution in [-0.4, -0.2) is 23.1 Å². The Bertz CT molecular complexity index is 615. The first-order valence-corrected chi connectivity index (χ1v) is 4.52. The van der Waals surface area contributed by atoms with Gasteiger partial charge in [0.25, 0.3) is 0 Å². The highest BCUT2D eigenvalue weighted by molar-refractivity contribution is 5.92. The molecular formula is C10H7NO6. The van der Waals surface area contributed by atoms with Gasteiger partial charge in [0, 0.05) is 17.5 Å². The highest BCUT2D eigenvalue weighted by atomic mass is 16.6. The van der Waals surface area contributed by atoms with E-state index in [4.69, 9.17) is 14.3 Å². The fourth-order valence-corrected chi connectivity index (χ4v) is 1.47. The normalized spacial score (nSPS) is 10.4. The molecule has 0 spiro atoms. The number of methoxy groups -OCH3 is 1. The summed E-state index contributed by atoms with van der Waals surface area (Å²) in [5.41, 5.74) is -0.0115. The molecule has 1 aromatic carbocycles. The molecule has 0 unspecified atom stereocenters. The predicted octanol–water partition coefficient (Wildman–Crippen LogP) is 2.05. The number of ether oxygens (including phenoxy) is 1. The second-order valence-electron chi connectivity index (χ2n) is 3.23. The van der Waals surface area contributed by atoms with Gasteiger partial charge in [0.15, 0.2) is 0 Å². The van der Waals surface area contributed by atoms with Gasteiger partial charge >= 0.3 is 11.7 Å². The third-order valence-electron chi connectivity index (χ3n) is 2.23. The van der Waals surface area contributed by atoms with Crippen molar-refractivity contribution in [3.05, 3.63) is 34.1 Å². The Morgan fingerprint density at radius 3 is 2.71 bits per heavy atom. The number of aromatic carboxylic acids is 1. The van der Waals surface area contributed by atoms with E-state index in [2.05, 4.69) is 0 Å². The van der Waals surface area contributed by atoms with Crippen molar-refractivity contribution in [2.75, 3.05) is 7.11 Å². The molecule has 0 aliphatic rings. The molecule has 0 bridgehead atoms. The van der Waals surface area contributed by atoms with Crippen LogP contribution < -0.4 is 4.74 Å². The van der Waals surface area contributed by atoms with Crippen LogP contribution >= 0.6 is 0 Å². The lowest BCUT2D eigenvalue weighted by atomic mass is 10.2. The maximum atomic E-state index is 10.7. The van der Waals surface area contributed by atoms with Gasteiger partial charge in [-0.15, -0.1) is 0 Å². The molecule has 0 atom stereocenters. The van der Waals surface area contributed by atoms with Crippen LogP contribution in [0.3, 0.4) is 0 Å². The number of benzene rings is 1. The van der Waals surface area contributed by atoms with Crippen LogP contribution in [0.4, 0.5) is 5.69 Å². The average Bonchev–Trinajstić information content (AvgIpc) is 2.69. The van der Waals surface area contributed by atoms with Crippen molar-refractivity contribution in [3.63, 3.8) is 0 Å². The first-order valence-electron chi connectivity index (χ1n) is 4.52. The monoisotopic (exact) mass is 237 g/mol. The third kappa shape index (κ3) is 1.78. The number of nitro benzene ring substituents is 1. The van der Waals surface area contributed by atoms with Crippen LogP contribution in [0.15, 0.2) is 22.6 Å². The van der Waals surface area contributed by atoms with Gasteiger partial charge in [0.2, 0.25) is 11.5 Å². The zero-order valence-corrected chi connectivity index (χ0v) is 8.67. The molecule has 2 rings (SSSR count). The van der Waals surface area contributed by atoms with Crippen LogP contribution in [0.2, 0.25) is 0 Å². The van der Waals surface area contributed by atoms with Gasteiger partial charge in [-0.05, 0) is 6.07 Å². The molecular weight excluding hydrogens is 230 g/mol. The molecule has 0 radical (unpaired) electrons. The third-order valence-corrected chi connectivity index (χ3v) is 2.23. The van der Waals surface area contributed by atoms with E-state index < -0.39 is 10.9 Å². The lowest BCUT2D eigenvalue weighted by Gasteiger charge is -2.00. The van der Waals surface area contributed by atoms with Crippen LogP contribution in [-0.2, 0) is 0 Å². The van der Waals surface area contributed by atoms with Gasteiger partial charge in [-0.3, -0.25) is 10.1 Å². The van der Waals surface area contributed by atoms with Crippen LogP contribution in [0.1, 0.15) is 10.6 Å². The number of rotatable bonds is 3. The second-order valence-corrected chi connectivity index (χ2v) is 3.23. The van der Waals surface area contributed by atoms with Crippen molar-refractivity contribution in [2.24, 2.45) is 0 Å². The second kappa shape index (κ2) is 3.78. The molecule has 7 heteroatoms. The largest absolute Gasteiger partial charge is 0.490 e. The Kier molecular flexibility index (Phi) is 2.43. The highest BCUT2D eigenvalue weighted by Crippen LogP contribution is 2.33. The zero-order valence-electron chi connectivity index (χ0n) is 8.67. The van der Waals surface area contributed by atoms with Crippen LogP contribution in [0.25, 0.3) is 11.0 Å². The van der Waals surface area contributed by atoms with Crippen LogP contribution in [0, 0.1) is 10.1 Å². The number of hydrogen-bond acceptors (Lipinski definition) is 5. The number of hydrogen-bond donors (Lipinski definition) is 1. The topological polar surface area (TPSA) is 103 Å². The zero-order chi connectivity index (χ0) is 12.6. The van der Waals surface area contributed by atoms with Gasteiger partial charge in [-0.2, -0.15) is 0 Å². The van der Waals surface area contributed by atoms with Crippen LogP contribution in [0.5, 0.6) is 5.75 Å². The summed E-state index contributed by atoms with van der Waals surface area (Å²) in [5.74, 6) is -1.49. The van der Waals surface area contributed by atoms with Crippen molar-refractivity contribution in [2.45, 2.75) is 0 Å². The molecule has 0 amide bonds. The van der Waals surface area contributed by atoms with Gasteiger partial charge in [-0.1, -0.05) is 0 Å². The van der Waals surface area contributed by atoms with E-state index in [0.717, 1.165) is 0 Å². The Morgan fingerprint density at radius 2 is 2.18 bits per heavy atom. The molecule has 17 heavy (non-hydrogen) atoms. The molecule has 0 aliphatic heterocycles. The van der Waals surface area contributed by atoms with E-state index in [1.807, 2.05) is 0 Å². The maximum Gasteiger partial charge on any atom is 0.371 e. The molecule has 88 valence electrons. The number of fused-ring (bicyclic) bond motifs is 1. The summed E-state index contributed by atoms with van der Waals surface area (Å²) in [7, 11) is 1.29. The Hall–Kier alpha value is -2.57. The molecule has 1 aromatic heterocycles. The predicted molar refractivity (Wildman–Crippen MR) is 56.4 cm³/mol. The number of furan rings is 1. The van der Waals surface area contributed by atoms with E-state index >= 15 is 0 Å². The van der Waals surface area contributed by atoms with Crippen molar-refractivity contribution >= 4 is 22.6 Å². The van der Waals surface area contributed by atoms with Crippen molar-refractivity contribution in [3.8, 4) is 5.75 Å². The van der Waals surface area contributed by atoms with Gasteiger partial charge in [0.1, 0.15) is 5.58 Å². The van der Waals surface area contributed by atoms with Gasteiger partial charge in [-0.25, -0.2) is 4.79 Å². The molecule has 1 N–H and O–H groups in total. The number of carboxylic acid groups (broad SMARTS) is 1. The fraction of sp³-hybridized carbons (Fsp3) is 0.100. The SMILES string of the molecule is COc1cc2oc(C(=O)O)cc2cc1[N+](=O)[O-]. The lowest BCUT2D eigenvalue weighted by molar-refractivity contribution is -0.385. The van der Waals surface area contributed by atoms with E-state index in [9.17, 15) is 14.9 Å². The average molecular weight is 237 g/mol. The molecule has 0 aliphatic carbocycles. The molecule has 0 saturated heterocycles.